The standard InChI is InChI=1S/C26H32FN3O2S.C25H29ClFN3O2S.C24H27ClFN3O2S.C24H28ClN3O2S/c1-16-8-9-19(15-21(16)27)18-10-11-20(14-18)25(32)30-24(22-6-3-4-12-28-22)26-29-17(2)23(33-26)7-5-13-31;1-15-22(6-4-12-31)33-25(29-15)23(21-5-2-3-11-28-21)30-24(32)18-8-7-16(13-18)17-9-10-19(26)20(27)14-17;1-14-21(9-11-30)32-24(28-14)22(20-4-2-3-10-27-20)29-23(31)17-6-5-15(12-17)16-7-8-18(25)19(26)13-16;1-15-21(11-13-29)31-24(27-15)22(20-4-2-3-12-26-20)28-23(30)18-6-5-17(14-18)16-7-9-19(25)10-8-16/h8-11,15,22,24,28,31H,3-7,12-14H2,1-2H3,(H,30,32);7-10,14,21,23,28,31H,2-6,11-13H2,1H3,(H,30,32);5-8,13,20,22,27,30H,2-4,9-12H2,1H3,(H,29,31);5-10,20,22,26,29H,2-4,11-14H2,1H3,(H,28,30). The Morgan fingerprint density at radius 2 is 0.651 bits per heavy atom. The van der Waals surface area contributed by atoms with E-state index in [1.54, 1.807) is 76.5 Å². The highest BCUT2D eigenvalue weighted by atomic mass is 35.5. The molecule has 4 saturated heterocycles. The van der Waals surface area contributed by atoms with Crippen LogP contribution in [-0.2, 0) is 44.9 Å². The van der Waals surface area contributed by atoms with Crippen LogP contribution in [0.5, 0.6) is 0 Å². The lowest BCUT2D eigenvalue weighted by atomic mass is 9.97. The highest BCUT2D eigenvalue weighted by molar-refractivity contribution is 7.12. The van der Waals surface area contributed by atoms with Crippen molar-refractivity contribution in [3.05, 3.63) is 272 Å². The number of aryl methyl sites for hydroxylation is 7. The monoisotopic (exact) mass is 1890 g/mol. The van der Waals surface area contributed by atoms with Gasteiger partial charge < -0.3 is 63.0 Å². The molecule has 0 spiro atoms. The molecule has 8 unspecified atom stereocenters. The van der Waals surface area contributed by atoms with Crippen LogP contribution in [0.25, 0.3) is 22.3 Å². The highest BCUT2D eigenvalue weighted by Crippen LogP contribution is 2.40. The molecule has 129 heavy (non-hydrogen) atoms. The fourth-order valence-corrected chi connectivity index (χ4v) is 22.4. The molecule has 16 rings (SSSR count). The van der Waals surface area contributed by atoms with Crippen molar-refractivity contribution >= 4 is 126 Å². The third-order valence-electron chi connectivity index (χ3n) is 24.6. The first-order chi connectivity index (χ1) is 62.4. The molecule has 8 aromatic rings. The second-order valence-electron chi connectivity index (χ2n) is 33.8. The maximum absolute atomic E-state index is 14.0. The summed E-state index contributed by atoms with van der Waals surface area (Å²) in [5, 5.41) is 68.7. The predicted octanol–water partition coefficient (Wildman–Crippen LogP) is 18.3. The maximum atomic E-state index is 14.0. The Bertz CT molecular complexity index is 5370. The van der Waals surface area contributed by atoms with Gasteiger partial charge in [-0.3, -0.25) is 19.2 Å². The van der Waals surface area contributed by atoms with Gasteiger partial charge in [0.25, 0.3) is 0 Å². The van der Waals surface area contributed by atoms with Crippen LogP contribution in [0.15, 0.2) is 150 Å². The molecule has 686 valence electrons. The van der Waals surface area contributed by atoms with Gasteiger partial charge in [0.15, 0.2) is 0 Å². The number of hydrogen-bond acceptors (Lipinski definition) is 20. The van der Waals surface area contributed by atoms with E-state index >= 15 is 0 Å². The fourth-order valence-electron chi connectivity index (χ4n) is 17.2. The number of halogens is 6. The van der Waals surface area contributed by atoms with Crippen molar-refractivity contribution in [1.82, 2.24) is 62.5 Å². The smallest absolute Gasteiger partial charge is 0.248 e. The Balaban J connectivity index is 0.000000147. The number of aromatic nitrogens is 4. The molecule has 12 N–H and O–H groups in total. The molecule has 0 bridgehead atoms. The molecular weight excluding hydrogens is 1780 g/mol. The van der Waals surface area contributed by atoms with Crippen molar-refractivity contribution in [3.63, 3.8) is 0 Å². The van der Waals surface area contributed by atoms with Crippen LogP contribution in [0.1, 0.15) is 230 Å². The summed E-state index contributed by atoms with van der Waals surface area (Å²) in [5.41, 5.74) is 14.3. The Hall–Kier alpha value is -8.46. The van der Waals surface area contributed by atoms with E-state index in [4.69, 9.17) is 54.7 Å². The molecule has 4 amide bonds. The Kier molecular flexibility index (Phi) is 36.3. The second kappa shape index (κ2) is 47.8. The van der Waals surface area contributed by atoms with Crippen molar-refractivity contribution in [2.75, 3.05) is 52.6 Å². The summed E-state index contributed by atoms with van der Waals surface area (Å²) >= 11 is 24.0. The minimum absolute atomic E-state index is 0.0471. The zero-order chi connectivity index (χ0) is 91.2. The van der Waals surface area contributed by atoms with Crippen LogP contribution in [0, 0.1) is 52.1 Å². The minimum atomic E-state index is -0.468. The second-order valence-corrected chi connectivity index (χ2v) is 39.6. The van der Waals surface area contributed by atoms with Crippen molar-refractivity contribution in [2.24, 2.45) is 0 Å². The van der Waals surface area contributed by atoms with E-state index in [2.05, 4.69) is 42.5 Å². The predicted molar refractivity (Wildman–Crippen MR) is 514 cm³/mol. The Labute approximate surface area is 784 Å². The van der Waals surface area contributed by atoms with Crippen LogP contribution < -0.4 is 42.5 Å². The first-order valence-corrected chi connectivity index (χ1v) is 49.3. The fraction of sp³-hybridized carbons (Fsp3) is 0.434. The molecular formula is C99H116Cl3F3N12O8S4. The third kappa shape index (κ3) is 26.3. The molecule has 0 radical (unpaired) electrons. The number of benzene rings is 4. The van der Waals surface area contributed by atoms with Crippen LogP contribution in [-0.4, -0.2) is 141 Å². The quantitative estimate of drug-likeness (QED) is 0.0199. The maximum Gasteiger partial charge on any atom is 0.248 e. The van der Waals surface area contributed by atoms with Gasteiger partial charge in [0, 0.05) is 136 Å². The van der Waals surface area contributed by atoms with Gasteiger partial charge in [0.05, 0.1) is 57.0 Å². The molecule has 4 fully saturated rings. The number of hydrogen-bond donors (Lipinski definition) is 12. The number of allylic oxidation sites excluding steroid dienone is 12. The largest absolute Gasteiger partial charge is 0.396 e. The van der Waals surface area contributed by atoms with Gasteiger partial charge in [-0.1, -0.05) is 145 Å². The van der Waals surface area contributed by atoms with Crippen molar-refractivity contribution < 1.29 is 52.8 Å². The molecule has 4 aromatic carbocycles. The minimum Gasteiger partial charge on any atom is -0.396 e. The molecule has 4 aliphatic carbocycles. The Morgan fingerprint density at radius 3 is 0.922 bits per heavy atom. The zero-order valence-corrected chi connectivity index (χ0v) is 79.1. The average Bonchev–Trinajstić information content (AvgIpc) is 1.68. The average molecular weight is 1890 g/mol. The number of carbonyl (C=O) groups is 4. The normalized spacial score (nSPS) is 19.4. The lowest BCUT2D eigenvalue weighted by Gasteiger charge is -2.31. The van der Waals surface area contributed by atoms with Crippen molar-refractivity contribution in [2.45, 2.75) is 224 Å². The summed E-state index contributed by atoms with van der Waals surface area (Å²) in [6, 6.07) is 22.0. The van der Waals surface area contributed by atoms with Gasteiger partial charge in [-0.25, -0.2) is 33.1 Å². The molecule has 30 heteroatoms. The topological polar surface area (TPSA) is 297 Å². The number of carbonyl (C=O) groups excluding carboxylic acids is 4. The van der Waals surface area contributed by atoms with Crippen LogP contribution in [0.3, 0.4) is 0 Å². The first kappa shape index (κ1) is 98.1. The van der Waals surface area contributed by atoms with Gasteiger partial charge in [-0.05, 0) is 230 Å². The van der Waals surface area contributed by atoms with Gasteiger partial charge >= 0.3 is 0 Å². The number of rotatable bonds is 30. The van der Waals surface area contributed by atoms with Crippen LogP contribution in [0.4, 0.5) is 13.2 Å². The van der Waals surface area contributed by atoms with E-state index in [9.17, 15) is 52.8 Å². The summed E-state index contributed by atoms with van der Waals surface area (Å²) in [6.07, 6.45) is 34.1. The van der Waals surface area contributed by atoms with Crippen LogP contribution in [0.2, 0.25) is 15.1 Å². The Morgan fingerprint density at radius 1 is 0.372 bits per heavy atom. The van der Waals surface area contributed by atoms with E-state index in [1.165, 1.54) is 35.2 Å². The van der Waals surface area contributed by atoms with Crippen LogP contribution >= 0.6 is 80.1 Å². The molecule has 8 aliphatic rings. The van der Waals surface area contributed by atoms with E-state index < -0.39 is 11.6 Å². The van der Waals surface area contributed by atoms with Crippen molar-refractivity contribution in [1.29, 1.82) is 0 Å². The summed E-state index contributed by atoms with van der Waals surface area (Å²) in [6.45, 7) is 13.9. The number of aliphatic hydroxyl groups excluding tert-OH is 4. The molecule has 0 saturated carbocycles. The van der Waals surface area contributed by atoms with E-state index in [0.717, 1.165) is 224 Å². The van der Waals surface area contributed by atoms with Crippen molar-refractivity contribution in [3.8, 4) is 0 Å². The van der Waals surface area contributed by atoms with E-state index in [-0.39, 0.29) is 114 Å². The summed E-state index contributed by atoms with van der Waals surface area (Å²) in [7, 11) is 0. The van der Waals surface area contributed by atoms with Gasteiger partial charge in [0.2, 0.25) is 23.6 Å². The van der Waals surface area contributed by atoms with E-state index in [0.29, 0.717) is 78.7 Å². The van der Waals surface area contributed by atoms with Gasteiger partial charge in [0.1, 0.15) is 37.5 Å². The van der Waals surface area contributed by atoms with Gasteiger partial charge in [-0.2, -0.15) is 0 Å². The lowest BCUT2D eigenvalue weighted by Crippen LogP contribution is -2.46. The molecule has 4 aromatic heterocycles. The number of piperidine rings is 4. The zero-order valence-electron chi connectivity index (χ0n) is 73.6. The number of nitrogens with zero attached hydrogens (tertiary/aromatic N) is 4. The number of thiazole rings is 4. The number of nitrogens with one attached hydrogen (secondary N) is 8. The molecule has 8 atom stereocenters. The summed E-state index contributed by atoms with van der Waals surface area (Å²) < 4.78 is 41.8. The first-order valence-electron chi connectivity index (χ1n) is 44.9. The number of aliphatic hydroxyl groups is 4. The lowest BCUT2D eigenvalue weighted by molar-refractivity contribution is -0.119. The SMILES string of the molecule is Cc1ccc(C2=CC=C(C(=O)NC(c3nc(C)c(CCCO)s3)C3CCCCN3)C2)cc1F.Cc1nc(C(NC(=O)C2=CC=C(c3ccc(Cl)c(F)c3)C2)C2CCCCN2)sc1CCCO.Cc1nc(C(NC(=O)C2=CC=C(c3ccc(Cl)c(F)c3)C2)C2CCCCN2)sc1CCO.Cc1nc(C(NC(=O)C2=CC=C(c3ccc(Cl)cc3)C2)C2CCCCN2)sc1CCO. The number of amides is 4. The molecule has 20 nitrogen and oxygen atoms in total. The summed E-state index contributed by atoms with van der Waals surface area (Å²) in [4.78, 5) is 76.4. The van der Waals surface area contributed by atoms with Gasteiger partial charge in [-0.15, -0.1) is 45.3 Å². The third-order valence-corrected chi connectivity index (χ3v) is 30.7. The summed E-state index contributed by atoms with van der Waals surface area (Å²) in [5.74, 6) is -1.58. The highest BCUT2D eigenvalue weighted by Gasteiger charge is 2.37. The van der Waals surface area contributed by atoms with E-state index in [1.807, 2.05) is 101 Å². The molecule has 8 heterocycles. The molecule has 4 aliphatic heterocycles.